The van der Waals surface area contributed by atoms with Crippen molar-refractivity contribution in [3.63, 3.8) is 0 Å². The molecular weight excluding hydrogens is 326 g/mol. The van der Waals surface area contributed by atoms with E-state index in [9.17, 15) is 15.3 Å². The Hall–Kier alpha value is -0.420. The zero-order valence-electron chi connectivity index (χ0n) is 16.1. The van der Waals surface area contributed by atoms with Gasteiger partial charge >= 0.3 is 0 Å². The molecule has 11 atom stereocenters. The fraction of sp³-hybridized carbons (Fsp3) is 0.909. The molecular formula is C22H33NO3. The number of piperidine rings is 1. The maximum atomic E-state index is 11.5. The number of aliphatic hydroxyl groups excluding tert-OH is 3. The fourth-order valence-corrected chi connectivity index (χ4v) is 9.97. The van der Waals surface area contributed by atoms with E-state index >= 15 is 0 Å². The van der Waals surface area contributed by atoms with Gasteiger partial charge < -0.3 is 15.3 Å². The maximum Gasteiger partial charge on any atom is 0.0813 e. The Morgan fingerprint density at radius 1 is 1.19 bits per heavy atom. The van der Waals surface area contributed by atoms with E-state index in [1.165, 1.54) is 0 Å². The van der Waals surface area contributed by atoms with Crippen molar-refractivity contribution in [2.45, 2.75) is 70.3 Å². The van der Waals surface area contributed by atoms with Crippen LogP contribution >= 0.6 is 0 Å². The van der Waals surface area contributed by atoms with Crippen molar-refractivity contribution in [3.05, 3.63) is 12.2 Å². The summed E-state index contributed by atoms with van der Waals surface area (Å²) in [7, 11) is 0. The van der Waals surface area contributed by atoms with Crippen LogP contribution in [0.2, 0.25) is 0 Å². The molecule has 5 aliphatic carbocycles. The molecule has 0 unspecified atom stereocenters. The average molecular weight is 360 g/mol. The summed E-state index contributed by atoms with van der Waals surface area (Å²) in [5, 5.41) is 33.8. The van der Waals surface area contributed by atoms with Crippen molar-refractivity contribution in [2.75, 3.05) is 13.1 Å². The van der Waals surface area contributed by atoms with Gasteiger partial charge in [0.2, 0.25) is 0 Å². The monoisotopic (exact) mass is 359 g/mol. The molecule has 1 saturated heterocycles. The molecule has 0 aromatic heterocycles. The zero-order valence-corrected chi connectivity index (χ0v) is 16.1. The van der Waals surface area contributed by atoms with Crippen LogP contribution in [-0.2, 0) is 0 Å². The molecule has 5 saturated carbocycles. The minimum Gasteiger partial charge on any atom is -0.392 e. The van der Waals surface area contributed by atoms with Crippen molar-refractivity contribution >= 4 is 0 Å². The van der Waals surface area contributed by atoms with Crippen LogP contribution in [0.3, 0.4) is 0 Å². The first-order valence-corrected chi connectivity index (χ1v) is 10.8. The summed E-state index contributed by atoms with van der Waals surface area (Å²) in [6, 6.07) is 0.373. The Morgan fingerprint density at radius 3 is 2.69 bits per heavy atom. The van der Waals surface area contributed by atoms with Crippen molar-refractivity contribution < 1.29 is 15.3 Å². The normalized spacial score (nSPS) is 65.5. The molecule has 0 aromatic carbocycles. The minimum atomic E-state index is -0.500. The highest BCUT2D eigenvalue weighted by Crippen LogP contribution is 2.83. The molecule has 26 heavy (non-hydrogen) atoms. The van der Waals surface area contributed by atoms with E-state index in [4.69, 9.17) is 0 Å². The third-order valence-corrected chi connectivity index (χ3v) is 10.6. The van der Waals surface area contributed by atoms with E-state index in [-0.39, 0.29) is 34.2 Å². The Balaban J connectivity index is 1.61. The molecule has 0 radical (unpaired) electrons. The molecule has 1 aliphatic heterocycles. The third kappa shape index (κ3) is 1.37. The summed E-state index contributed by atoms with van der Waals surface area (Å²) in [5.41, 5.74) is 0.849. The van der Waals surface area contributed by atoms with Crippen LogP contribution in [0.4, 0.5) is 0 Å². The largest absolute Gasteiger partial charge is 0.392 e. The lowest BCUT2D eigenvalue weighted by atomic mass is 9.43. The molecule has 2 spiro atoms. The van der Waals surface area contributed by atoms with Gasteiger partial charge in [-0.05, 0) is 67.4 Å². The van der Waals surface area contributed by atoms with Gasteiger partial charge in [-0.2, -0.15) is 0 Å². The first kappa shape index (κ1) is 16.5. The van der Waals surface area contributed by atoms with E-state index in [1.54, 1.807) is 0 Å². The lowest BCUT2D eigenvalue weighted by Gasteiger charge is -2.65. The van der Waals surface area contributed by atoms with Crippen molar-refractivity contribution in [1.29, 1.82) is 0 Å². The predicted molar refractivity (Wildman–Crippen MR) is 98.2 cm³/mol. The Bertz CT molecular complexity index is 695. The van der Waals surface area contributed by atoms with Gasteiger partial charge in [0.1, 0.15) is 0 Å². The van der Waals surface area contributed by atoms with Crippen LogP contribution < -0.4 is 0 Å². The smallest absolute Gasteiger partial charge is 0.0813 e. The van der Waals surface area contributed by atoms with Crippen LogP contribution in [0.5, 0.6) is 0 Å². The summed E-state index contributed by atoms with van der Waals surface area (Å²) in [5.74, 6) is 1.26. The topological polar surface area (TPSA) is 63.9 Å². The standard InChI is InChI=1S/C22H33NO3/c1-4-23-10-20(3)6-5-17(25)22-15(20)7-13(18(22)23)21-9-12(11(2)19(21)26)14(24)8-16(21)22/h12-19,24-26H,2,4-10H2,1,3H3/t12-,13+,14+,15-,16-,17+,18+,19-,20+,21+,22+/m1/s1. The molecule has 7 bridgehead atoms. The highest BCUT2D eigenvalue weighted by atomic mass is 16.3. The summed E-state index contributed by atoms with van der Waals surface area (Å²) in [6.45, 7) is 11.1. The lowest BCUT2D eigenvalue weighted by Crippen LogP contribution is -2.68. The van der Waals surface area contributed by atoms with E-state index in [0.717, 1.165) is 50.8 Å². The molecule has 0 aromatic rings. The van der Waals surface area contributed by atoms with Gasteiger partial charge in [0, 0.05) is 29.3 Å². The van der Waals surface area contributed by atoms with Gasteiger partial charge in [-0.3, -0.25) is 4.90 Å². The number of likely N-dealkylation sites (tertiary alicyclic amines) is 1. The van der Waals surface area contributed by atoms with Gasteiger partial charge in [0.05, 0.1) is 18.3 Å². The molecule has 1 heterocycles. The van der Waals surface area contributed by atoms with Gasteiger partial charge in [-0.1, -0.05) is 20.4 Å². The molecule has 144 valence electrons. The molecule has 0 amide bonds. The second-order valence-electron chi connectivity index (χ2n) is 10.9. The van der Waals surface area contributed by atoms with E-state index < -0.39 is 12.2 Å². The molecule has 6 rings (SSSR count). The van der Waals surface area contributed by atoms with Gasteiger partial charge in [-0.25, -0.2) is 0 Å². The number of hydrogen-bond acceptors (Lipinski definition) is 4. The maximum absolute atomic E-state index is 11.5. The number of aliphatic hydroxyl groups is 3. The van der Waals surface area contributed by atoms with Crippen molar-refractivity contribution in [1.82, 2.24) is 4.90 Å². The molecule has 4 nitrogen and oxygen atoms in total. The summed E-state index contributed by atoms with van der Waals surface area (Å²) < 4.78 is 0. The molecule has 3 N–H and O–H groups in total. The second-order valence-corrected chi connectivity index (χ2v) is 10.9. The number of hydrogen-bond donors (Lipinski definition) is 3. The number of fused-ring (bicyclic) bond motifs is 1. The molecule has 4 heteroatoms. The third-order valence-electron chi connectivity index (χ3n) is 10.6. The van der Waals surface area contributed by atoms with Gasteiger partial charge in [0.15, 0.2) is 0 Å². The van der Waals surface area contributed by atoms with E-state index in [2.05, 4.69) is 25.3 Å². The van der Waals surface area contributed by atoms with Gasteiger partial charge in [-0.15, -0.1) is 0 Å². The van der Waals surface area contributed by atoms with E-state index in [0.29, 0.717) is 17.9 Å². The highest BCUT2D eigenvalue weighted by Gasteiger charge is 2.85. The second kappa shape index (κ2) is 4.59. The zero-order chi connectivity index (χ0) is 18.2. The fourth-order valence-electron chi connectivity index (χ4n) is 9.97. The molecule has 6 aliphatic rings. The summed E-state index contributed by atoms with van der Waals surface area (Å²) >= 11 is 0. The molecule has 6 fully saturated rings. The van der Waals surface area contributed by atoms with Crippen LogP contribution in [0, 0.1) is 39.9 Å². The number of nitrogens with zero attached hydrogens (tertiary/aromatic N) is 1. The minimum absolute atomic E-state index is 0.0547. The highest BCUT2D eigenvalue weighted by molar-refractivity contribution is 5.39. The van der Waals surface area contributed by atoms with Crippen LogP contribution in [-0.4, -0.2) is 57.7 Å². The SMILES string of the molecule is C=C1[C@H]2C[C@@]3([C@@H]1O)[C@@H](C[C@@H]2O)[C@@]12[C@@H]4[C@@H]3C[C@@H]1[C@@](C)(CC[C@@H]2O)CN4CC. The quantitative estimate of drug-likeness (QED) is 0.625. The number of rotatable bonds is 1. The van der Waals surface area contributed by atoms with Crippen molar-refractivity contribution in [3.8, 4) is 0 Å². The average Bonchev–Trinajstić information content (AvgIpc) is 3.14. The Morgan fingerprint density at radius 2 is 1.96 bits per heavy atom. The van der Waals surface area contributed by atoms with E-state index in [1.807, 2.05) is 0 Å². The van der Waals surface area contributed by atoms with Crippen LogP contribution in [0.25, 0.3) is 0 Å². The van der Waals surface area contributed by atoms with Crippen LogP contribution in [0.15, 0.2) is 12.2 Å². The van der Waals surface area contributed by atoms with Gasteiger partial charge in [0.25, 0.3) is 0 Å². The lowest BCUT2D eigenvalue weighted by molar-refractivity contribution is -0.218. The van der Waals surface area contributed by atoms with Crippen LogP contribution in [0.1, 0.15) is 46.0 Å². The Labute approximate surface area is 156 Å². The summed E-state index contributed by atoms with van der Waals surface area (Å²) in [6.07, 6.45) is 3.58. The first-order chi connectivity index (χ1) is 12.3. The predicted octanol–water partition coefficient (Wildman–Crippen LogP) is 1.79. The Kier molecular flexibility index (Phi) is 2.92. The summed E-state index contributed by atoms with van der Waals surface area (Å²) in [4.78, 5) is 2.65. The van der Waals surface area contributed by atoms with Crippen molar-refractivity contribution in [2.24, 2.45) is 39.9 Å². The first-order valence-electron chi connectivity index (χ1n) is 10.8.